The normalized spacial score (nSPS) is 44.1. The van der Waals surface area contributed by atoms with Crippen molar-refractivity contribution >= 4 is 11.8 Å². The molecule has 8 nitrogen and oxygen atoms in total. The molecule has 3 fully saturated rings. The van der Waals surface area contributed by atoms with Gasteiger partial charge in [-0.25, -0.2) is 0 Å². The number of fused-ring (bicyclic) bond motifs is 5. The topological polar surface area (TPSA) is 145 Å². The van der Waals surface area contributed by atoms with Gasteiger partial charge >= 0.3 is 5.97 Å². The second-order valence-electron chi connectivity index (χ2n) is 13.8. The number of aliphatic hydroxyl groups is 5. The number of aliphatic hydroxyl groups excluding tert-OH is 2. The van der Waals surface area contributed by atoms with Gasteiger partial charge in [-0.3, -0.25) is 9.59 Å². The molecule has 210 valence electrons. The average molecular weight is 523 g/mol. The molecule has 0 aromatic heterocycles. The summed E-state index contributed by atoms with van der Waals surface area (Å²) in [6.45, 7) is 10.3. The molecule has 0 amide bonds. The molecule has 0 heterocycles. The summed E-state index contributed by atoms with van der Waals surface area (Å²) >= 11 is 0. The highest BCUT2D eigenvalue weighted by Gasteiger charge is 2.69. The van der Waals surface area contributed by atoms with Crippen LogP contribution in [0.25, 0.3) is 0 Å². The summed E-state index contributed by atoms with van der Waals surface area (Å²) < 4.78 is 5.44. The van der Waals surface area contributed by atoms with Gasteiger partial charge in [0.05, 0.1) is 29.0 Å². The number of ether oxygens (including phenoxy) is 1. The molecule has 37 heavy (non-hydrogen) atoms. The lowest BCUT2D eigenvalue weighted by Gasteiger charge is -2.60. The first-order chi connectivity index (χ1) is 16.9. The summed E-state index contributed by atoms with van der Waals surface area (Å²) in [5, 5.41) is 55.7. The van der Waals surface area contributed by atoms with Crippen molar-refractivity contribution in [3.63, 3.8) is 0 Å². The Bertz CT molecular complexity index is 965. The van der Waals surface area contributed by atoms with Gasteiger partial charge in [0.2, 0.25) is 0 Å². The summed E-state index contributed by atoms with van der Waals surface area (Å²) in [5.74, 6) is -1.54. The molecule has 10 atom stereocenters. The third-order valence-electron chi connectivity index (χ3n) is 10.8. The summed E-state index contributed by atoms with van der Waals surface area (Å²) in [4.78, 5) is 25.1. The minimum Gasteiger partial charge on any atom is -0.460 e. The van der Waals surface area contributed by atoms with Gasteiger partial charge in [0.25, 0.3) is 0 Å². The van der Waals surface area contributed by atoms with E-state index in [2.05, 4.69) is 0 Å². The van der Waals surface area contributed by atoms with Gasteiger partial charge in [-0.05, 0) is 101 Å². The Balaban J connectivity index is 1.66. The molecular formula is C29H46O8. The Labute approximate surface area is 220 Å². The Kier molecular flexibility index (Phi) is 7.07. The molecule has 0 unspecified atom stereocenters. The first-order valence-electron chi connectivity index (χ1n) is 13.8. The predicted octanol–water partition coefficient (Wildman–Crippen LogP) is 2.42. The van der Waals surface area contributed by atoms with Crippen LogP contribution in [-0.4, -0.2) is 72.4 Å². The Morgan fingerprint density at radius 1 is 1.16 bits per heavy atom. The van der Waals surface area contributed by atoms with Crippen LogP contribution in [0.5, 0.6) is 0 Å². The molecule has 0 saturated heterocycles. The number of hydrogen-bond donors (Lipinski definition) is 5. The van der Waals surface area contributed by atoms with Crippen molar-refractivity contribution in [3.8, 4) is 0 Å². The van der Waals surface area contributed by atoms with E-state index in [0.29, 0.717) is 44.1 Å². The van der Waals surface area contributed by atoms with E-state index in [-0.39, 0.29) is 24.5 Å². The third kappa shape index (κ3) is 4.50. The lowest BCUT2D eigenvalue weighted by Crippen LogP contribution is -2.63. The van der Waals surface area contributed by atoms with Crippen LogP contribution in [0.2, 0.25) is 0 Å². The molecule has 0 radical (unpaired) electrons. The highest BCUT2D eigenvalue weighted by molar-refractivity contribution is 5.95. The number of rotatable bonds is 6. The van der Waals surface area contributed by atoms with Gasteiger partial charge in [-0.15, -0.1) is 0 Å². The zero-order valence-electron chi connectivity index (χ0n) is 23.2. The Morgan fingerprint density at radius 3 is 2.41 bits per heavy atom. The molecule has 5 N–H and O–H groups in total. The van der Waals surface area contributed by atoms with Crippen LogP contribution in [0.1, 0.15) is 92.9 Å². The molecule has 4 rings (SSSR count). The minimum absolute atomic E-state index is 0.118. The first-order valence-corrected chi connectivity index (χ1v) is 13.8. The SMILES string of the molecule is CC(=O)O[C@@H]1C[C@]2(C)[C@H](C[C@@H]1O)C(=O)C=C1[C@H]2CC[C@@]2(C)[C@H]([C@](C)(O)[C@H](O)CCC(C)(C)O)CC[C@]12O. The van der Waals surface area contributed by atoms with Gasteiger partial charge in [0.1, 0.15) is 6.10 Å². The monoisotopic (exact) mass is 522 g/mol. The largest absolute Gasteiger partial charge is 0.460 e. The Morgan fingerprint density at radius 2 is 1.81 bits per heavy atom. The van der Waals surface area contributed by atoms with E-state index in [0.717, 1.165) is 0 Å². The van der Waals surface area contributed by atoms with Crippen LogP contribution in [0, 0.1) is 28.6 Å². The maximum Gasteiger partial charge on any atom is 0.302 e. The summed E-state index contributed by atoms with van der Waals surface area (Å²) in [5.41, 5.74) is -4.43. The van der Waals surface area contributed by atoms with Crippen molar-refractivity contribution in [1.82, 2.24) is 0 Å². The van der Waals surface area contributed by atoms with E-state index >= 15 is 0 Å². The van der Waals surface area contributed by atoms with Crippen molar-refractivity contribution < 1.29 is 39.9 Å². The summed E-state index contributed by atoms with van der Waals surface area (Å²) in [6, 6.07) is 0. The second-order valence-corrected chi connectivity index (χ2v) is 13.8. The lowest BCUT2D eigenvalue weighted by atomic mass is 9.45. The van der Waals surface area contributed by atoms with Gasteiger partial charge in [-0.2, -0.15) is 0 Å². The van der Waals surface area contributed by atoms with E-state index in [4.69, 9.17) is 4.74 Å². The lowest BCUT2D eigenvalue weighted by molar-refractivity contribution is -0.182. The molecule has 8 heteroatoms. The fraction of sp³-hybridized carbons (Fsp3) is 0.862. The van der Waals surface area contributed by atoms with Crippen molar-refractivity contribution in [2.75, 3.05) is 0 Å². The quantitative estimate of drug-likeness (QED) is 0.335. The predicted molar refractivity (Wildman–Crippen MR) is 136 cm³/mol. The molecule has 0 aliphatic heterocycles. The fourth-order valence-corrected chi connectivity index (χ4v) is 8.63. The van der Waals surface area contributed by atoms with Gasteiger partial charge < -0.3 is 30.3 Å². The van der Waals surface area contributed by atoms with Crippen LogP contribution < -0.4 is 0 Å². The molecule has 0 spiro atoms. The number of allylic oxidation sites excluding steroid dienone is 1. The molecule has 0 aromatic carbocycles. The maximum atomic E-state index is 13.4. The number of carbonyl (C=O) groups excluding carboxylic acids is 2. The highest BCUT2D eigenvalue weighted by Crippen LogP contribution is 2.68. The van der Waals surface area contributed by atoms with E-state index in [1.807, 2.05) is 13.8 Å². The molecule has 0 bridgehead atoms. The molecular weight excluding hydrogens is 476 g/mol. The van der Waals surface area contributed by atoms with Crippen molar-refractivity contribution in [2.45, 2.75) is 128 Å². The summed E-state index contributed by atoms with van der Waals surface area (Å²) in [7, 11) is 0. The van der Waals surface area contributed by atoms with E-state index in [1.54, 1.807) is 26.8 Å². The number of ketones is 1. The molecule has 3 saturated carbocycles. The molecule has 4 aliphatic rings. The smallest absolute Gasteiger partial charge is 0.302 e. The molecule has 4 aliphatic carbocycles. The van der Waals surface area contributed by atoms with Crippen LogP contribution in [0.4, 0.5) is 0 Å². The maximum absolute atomic E-state index is 13.4. The number of hydrogen-bond acceptors (Lipinski definition) is 8. The van der Waals surface area contributed by atoms with E-state index in [9.17, 15) is 35.1 Å². The fourth-order valence-electron chi connectivity index (χ4n) is 8.63. The number of carbonyl (C=O) groups is 2. The highest BCUT2D eigenvalue weighted by atomic mass is 16.6. The minimum atomic E-state index is -1.49. The van der Waals surface area contributed by atoms with Crippen LogP contribution >= 0.6 is 0 Å². The van der Waals surface area contributed by atoms with Crippen LogP contribution in [-0.2, 0) is 14.3 Å². The van der Waals surface area contributed by atoms with E-state index < -0.39 is 63.8 Å². The second kappa shape index (κ2) is 9.12. The van der Waals surface area contributed by atoms with Crippen molar-refractivity contribution in [3.05, 3.63) is 11.6 Å². The van der Waals surface area contributed by atoms with Crippen LogP contribution in [0.3, 0.4) is 0 Å². The van der Waals surface area contributed by atoms with Gasteiger partial charge in [-0.1, -0.05) is 13.8 Å². The number of esters is 1. The first kappa shape index (κ1) is 28.7. The van der Waals surface area contributed by atoms with Crippen molar-refractivity contribution in [2.24, 2.45) is 28.6 Å². The van der Waals surface area contributed by atoms with Gasteiger partial charge in [0, 0.05) is 18.3 Å². The average Bonchev–Trinajstić information content (AvgIpc) is 3.05. The Hall–Kier alpha value is -1.32. The standard InChI is InChI=1S/C29H46O8/c1-16(30)37-22-15-26(4)17-7-11-27(5)23(28(6,35)24(33)9-10-25(2,3)34)8-12-29(27,36)18(17)13-20(31)19(26)14-21(22)32/h13,17,19,21-24,32-36H,7-12,14-15H2,1-6H3/t17-,19-,21+,22-,23-,24-,26+,27+,28+,29+/m1/s1. The van der Waals surface area contributed by atoms with Crippen LogP contribution in [0.15, 0.2) is 11.6 Å². The van der Waals surface area contributed by atoms with E-state index in [1.165, 1.54) is 6.92 Å². The summed E-state index contributed by atoms with van der Waals surface area (Å²) in [6.07, 6.45) is 2.17. The zero-order chi connectivity index (χ0) is 27.8. The van der Waals surface area contributed by atoms with Gasteiger partial charge in [0.15, 0.2) is 5.78 Å². The third-order valence-corrected chi connectivity index (χ3v) is 10.8. The molecule has 0 aromatic rings. The van der Waals surface area contributed by atoms with Crippen molar-refractivity contribution in [1.29, 1.82) is 0 Å². The zero-order valence-corrected chi connectivity index (χ0v) is 23.2.